The minimum Gasteiger partial charge on any atom is -0.387 e. The molecule has 6 heteroatoms. The summed E-state index contributed by atoms with van der Waals surface area (Å²) < 4.78 is 0. The zero-order valence-electron chi connectivity index (χ0n) is 13.8. The molecule has 0 saturated carbocycles. The molecule has 1 aromatic heterocycles. The number of aliphatic hydroxyl groups excluding tert-OH is 1. The smallest absolute Gasteiger partial charge is 0.254 e. The van der Waals surface area contributed by atoms with Crippen LogP contribution in [0.1, 0.15) is 22.0 Å². The number of nitrogens with zero attached hydrogens (tertiary/aromatic N) is 1. The van der Waals surface area contributed by atoms with Gasteiger partial charge in [-0.2, -0.15) is 0 Å². The van der Waals surface area contributed by atoms with Gasteiger partial charge in [0.15, 0.2) is 0 Å². The van der Waals surface area contributed by atoms with Crippen molar-refractivity contribution in [1.82, 2.24) is 10.3 Å². The highest BCUT2D eigenvalue weighted by molar-refractivity contribution is 7.99. The molecule has 1 amide bonds. The van der Waals surface area contributed by atoms with E-state index in [1.54, 1.807) is 42.6 Å². The lowest BCUT2D eigenvalue weighted by atomic mass is 10.1. The molecule has 0 saturated heterocycles. The van der Waals surface area contributed by atoms with Crippen molar-refractivity contribution in [3.63, 3.8) is 0 Å². The first-order valence-electron chi connectivity index (χ1n) is 8.03. The summed E-state index contributed by atoms with van der Waals surface area (Å²) in [5, 5.41) is 14.2. The number of pyridine rings is 1. The summed E-state index contributed by atoms with van der Waals surface area (Å²) >= 11 is 7.36. The van der Waals surface area contributed by atoms with Crippen LogP contribution in [0, 0.1) is 0 Å². The first kappa shape index (κ1) is 18.5. The van der Waals surface area contributed by atoms with Crippen LogP contribution in [-0.2, 0) is 0 Å². The van der Waals surface area contributed by atoms with Crippen LogP contribution in [0.15, 0.2) is 82.8 Å². The summed E-state index contributed by atoms with van der Waals surface area (Å²) in [5.41, 5.74) is 1.13. The van der Waals surface area contributed by atoms with Gasteiger partial charge in [-0.15, -0.1) is 0 Å². The van der Waals surface area contributed by atoms with E-state index in [4.69, 9.17) is 11.6 Å². The van der Waals surface area contributed by atoms with Crippen LogP contribution in [0.5, 0.6) is 0 Å². The van der Waals surface area contributed by atoms with Gasteiger partial charge in [0.25, 0.3) is 5.91 Å². The summed E-state index contributed by atoms with van der Waals surface area (Å²) in [6.07, 6.45) is 0.822. The molecule has 0 aliphatic carbocycles. The second kappa shape index (κ2) is 8.85. The number of halogens is 1. The van der Waals surface area contributed by atoms with Gasteiger partial charge in [0, 0.05) is 22.7 Å². The number of carbonyl (C=O) groups excluding carboxylic acids is 1. The lowest BCUT2D eigenvalue weighted by Gasteiger charge is -2.13. The number of carbonyl (C=O) groups is 1. The third kappa shape index (κ3) is 4.85. The highest BCUT2D eigenvalue weighted by Gasteiger charge is 2.15. The molecule has 0 spiro atoms. The summed E-state index contributed by atoms with van der Waals surface area (Å²) in [6.45, 7) is 0.0868. The van der Waals surface area contributed by atoms with Crippen molar-refractivity contribution in [3.05, 3.63) is 89.1 Å². The van der Waals surface area contributed by atoms with Crippen LogP contribution >= 0.6 is 23.4 Å². The number of aromatic nitrogens is 1. The van der Waals surface area contributed by atoms with Crippen molar-refractivity contribution in [2.45, 2.75) is 16.0 Å². The molecule has 1 heterocycles. The average molecular weight is 385 g/mol. The SMILES string of the molecule is O=C(NCC(O)c1cccc(Cl)c1)c1cccnc1Sc1ccccc1. The number of hydrogen-bond acceptors (Lipinski definition) is 4. The van der Waals surface area contributed by atoms with Crippen LogP contribution in [0.4, 0.5) is 0 Å². The lowest BCUT2D eigenvalue weighted by molar-refractivity contribution is 0.0912. The molecule has 2 N–H and O–H groups in total. The molecule has 4 nitrogen and oxygen atoms in total. The first-order valence-corrected chi connectivity index (χ1v) is 9.22. The van der Waals surface area contributed by atoms with E-state index in [1.807, 2.05) is 30.3 Å². The van der Waals surface area contributed by atoms with E-state index in [1.165, 1.54) is 11.8 Å². The van der Waals surface area contributed by atoms with Gasteiger partial charge in [0.2, 0.25) is 0 Å². The summed E-state index contributed by atoms with van der Waals surface area (Å²) in [6, 6.07) is 20.1. The Hall–Kier alpha value is -2.34. The Balaban J connectivity index is 1.68. The molecule has 1 unspecified atom stereocenters. The van der Waals surface area contributed by atoms with Crippen LogP contribution in [0.3, 0.4) is 0 Å². The summed E-state index contributed by atoms with van der Waals surface area (Å²) in [5.74, 6) is -0.280. The molecule has 3 aromatic rings. The van der Waals surface area contributed by atoms with Crippen molar-refractivity contribution >= 4 is 29.3 Å². The van der Waals surface area contributed by atoms with Crippen molar-refractivity contribution in [2.75, 3.05) is 6.54 Å². The summed E-state index contributed by atoms with van der Waals surface area (Å²) in [4.78, 5) is 17.9. The predicted octanol–water partition coefficient (Wildman–Crippen LogP) is 4.35. The Morgan fingerprint density at radius 1 is 1.12 bits per heavy atom. The maximum Gasteiger partial charge on any atom is 0.254 e. The predicted molar refractivity (Wildman–Crippen MR) is 104 cm³/mol. The van der Waals surface area contributed by atoms with Gasteiger partial charge >= 0.3 is 0 Å². The summed E-state index contributed by atoms with van der Waals surface area (Å²) in [7, 11) is 0. The van der Waals surface area contributed by atoms with Gasteiger partial charge < -0.3 is 10.4 Å². The van der Waals surface area contributed by atoms with Gasteiger partial charge in [-0.3, -0.25) is 4.79 Å². The lowest BCUT2D eigenvalue weighted by Crippen LogP contribution is -2.29. The van der Waals surface area contributed by atoms with E-state index in [9.17, 15) is 9.90 Å². The average Bonchev–Trinajstić information content (AvgIpc) is 2.67. The van der Waals surface area contributed by atoms with Gasteiger partial charge in [-0.05, 0) is 42.0 Å². The van der Waals surface area contributed by atoms with Crippen molar-refractivity contribution in [3.8, 4) is 0 Å². The van der Waals surface area contributed by atoms with E-state index < -0.39 is 6.10 Å². The quantitative estimate of drug-likeness (QED) is 0.663. The molecule has 26 heavy (non-hydrogen) atoms. The highest BCUT2D eigenvalue weighted by Crippen LogP contribution is 2.28. The maximum atomic E-state index is 12.6. The third-order valence-electron chi connectivity index (χ3n) is 3.66. The van der Waals surface area contributed by atoms with E-state index in [0.717, 1.165) is 4.90 Å². The van der Waals surface area contributed by atoms with E-state index in [0.29, 0.717) is 21.2 Å². The number of nitrogens with one attached hydrogen (secondary N) is 1. The zero-order valence-corrected chi connectivity index (χ0v) is 15.4. The zero-order chi connectivity index (χ0) is 18.4. The molecule has 0 fully saturated rings. The minimum absolute atomic E-state index is 0.0868. The van der Waals surface area contributed by atoms with E-state index in [-0.39, 0.29) is 12.5 Å². The fraction of sp³-hybridized carbons (Fsp3) is 0.100. The second-order valence-corrected chi connectivity index (χ2v) is 7.05. The minimum atomic E-state index is -0.834. The van der Waals surface area contributed by atoms with Gasteiger partial charge in [0.05, 0.1) is 11.7 Å². The van der Waals surface area contributed by atoms with Crippen LogP contribution < -0.4 is 5.32 Å². The number of benzene rings is 2. The Kier molecular flexibility index (Phi) is 6.28. The van der Waals surface area contributed by atoms with Crippen LogP contribution in [0.2, 0.25) is 5.02 Å². The Labute approximate surface area is 161 Å². The van der Waals surface area contributed by atoms with Gasteiger partial charge in [-0.25, -0.2) is 4.98 Å². The maximum absolute atomic E-state index is 12.6. The van der Waals surface area contributed by atoms with Crippen LogP contribution in [0.25, 0.3) is 0 Å². The Morgan fingerprint density at radius 3 is 2.69 bits per heavy atom. The van der Waals surface area contributed by atoms with Gasteiger partial charge in [0.1, 0.15) is 5.03 Å². The molecule has 0 radical (unpaired) electrons. The third-order valence-corrected chi connectivity index (χ3v) is 4.92. The van der Waals surface area contributed by atoms with E-state index >= 15 is 0 Å². The fourth-order valence-electron chi connectivity index (χ4n) is 2.36. The monoisotopic (exact) mass is 384 g/mol. The van der Waals surface area contributed by atoms with Crippen LogP contribution in [-0.4, -0.2) is 22.5 Å². The molecule has 2 aromatic carbocycles. The normalized spacial score (nSPS) is 11.8. The second-order valence-electron chi connectivity index (χ2n) is 5.55. The van der Waals surface area contributed by atoms with Crippen molar-refractivity contribution in [2.24, 2.45) is 0 Å². The molecular weight excluding hydrogens is 368 g/mol. The van der Waals surface area contributed by atoms with Crippen molar-refractivity contribution in [1.29, 1.82) is 0 Å². The van der Waals surface area contributed by atoms with Gasteiger partial charge in [-0.1, -0.05) is 53.7 Å². The molecule has 0 aliphatic rings. The first-order chi connectivity index (χ1) is 12.6. The number of hydrogen-bond donors (Lipinski definition) is 2. The molecular formula is C20H17ClN2O2S. The Bertz CT molecular complexity index is 890. The molecule has 3 rings (SSSR count). The highest BCUT2D eigenvalue weighted by atomic mass is 35.5. The number of amides is 1. The molecule has 0 bridgehead atoms. The molecule has 0 aliphatic heterocycles. The van der Waals surface area contributed by atoms with E-state index in [2.05, 4.69) is 10.3 Å². The van der Waals surface area contributed by atoms with Crippen molar-refractivity contribution < 1.29 is 9.90 Å². The largest absolute Gasteiger partial charge is 0.387 e. The molecule has 132 valence electrons. The fourth-order valence-corrected chi connectivity index (χ4v) is 3.46. The number of aliphatic hydroxyl groups is 1. The molecule has 1 atom stereocenters. The number of rotatable bonds is 6. The topological polar surface area (TPSA) is 62.2 Å². The Morgan fingerprint density at radius 2 is 1.92 bits per heavy atom. The standard InChI is InChI=1S/C20H17ClN2O2S/c21-15-7-4-6-14(12-15)18(24)13-23-19(25)17-10-5-11-22-20(17)26-16-8-2-1-3-9-16/h1-12,18,24H,13H2,(H,23,25).